The third kappa shape index (κ3) is 3.29. The fraction of sp³-hybridized carbons (Fsp3) is 0.385. The van der Waals surface area contributed by atoms with Gasteiger partial charge in [0, 0.05) is 12.1 Å². The molecule has 18 heavy (non-hydrogen) atoms. The van der Waals surface area contributed by atoms with Crippen molar-refractivity contribution in [3.63, 3.8) is 0 Å². The average Bonchev–Trinajstić information content (AvgIpc) is 2.29. The van der Waals surface area contributed by atoms with Crippen LogP contribution in [0.1, 0.15) is 29.8 Å². The van der Waals surface area contributed by atoms with Gasteiger partial charge >= 0.3 is 0 Å². The van der Waals surface area contributed by atoms with Gasteiger partial charge in [-0.3, -0.25) is 9.59 Å². The zero-order valence-corrected chi connectivity index (χ0v) is 10.7. The van der Waals surface area contributed by atoms with Crippen molar-refractivity contribution in [2.75, 3.05) is 6.54 Å². The van der Waals surface area contributed by atoms with E-state index in [1.807, 2.05) is 0 Å². The van der Waals surface area contributed by atoms with Crippen LogP contribution in [0.4, 0.5) is 4.39 Å². The summed E-state index contributed by atoms with van der Waals surface area (Å²) in [5.74, 6) is -1.20. The molecule has 0 bridgehead atoms. The molecule has 0 aliphatic rings. The molecule has 0 saturated heterocycles. The molecule has 0 aliphatic heterocycles. The predicted molar refractivity (Wildman–Crippen MR) is 66.4 cm³/mol. The first-order valence-electron chi connectivity index (χ1n) is 5.58. The monoisotopic (exact) mass is 252 g/mol. The third-order valence-electron chi connectivity index (χ3n) is 2.78. The maximum Gasteiger partial charge on any atom is 0.251 e. The van der Waals surface area contributed by atoms with Crippen molar-refractivity contribution in [2.24, 2.45) is 11.1 Å². The van der Waals surface area contributed by atoms with Crippen LogP contribution in [0, 0.1) is 18.2 Å². The van der Waals surface area contributed by atoms with E-state index < -0.39 is 11.3 Å². The number of halogens is 1. The third-order valence-corrected chi connectivity index (χ3v) is 2.78. The molecule has 1 aromatic carbocycles. The number of carbonyl (C=O) groups is 2. The summed E-state index contributed by atoms with van der Waals surface area (Å²) in [6.45, 7) is 5.01. The Labute approximate surface area is 105 Å². The maximum absolute atomic E-state index is 13.1. The maximum atomic E-state index is 13.1. The summed E-state index contributed by atoms with van der Waals surface area (Å²) in [4.78, 5) is 22.9. The molecule has 5 heteroatoms. The average molecular weight is 252 g/mol. The van der Waals surface area contributed by atoms with Crippen molar-refractivity contribution < 1.29 is 14.0 Å². The van der Waals surface area contributed by atoms with Gasteiger partial charge in [-0.15, -0.1) is 0 Å². The highest BCUT2D eigenvalue weighted by atomic mass is 19.1. The molecule has 0 aromatic heterocycles. The molecular weight excluding hydrogens is 235 g/mol. The summed E-state index contributed by atoms with van der Waals surface area (Å²) in [5, 5.41) is 2.61. The van der Waals surface area contributed by atoms with Gasteiger partial charge in [-0.1, -0.05) is 0 Å². The van der Waals surface area contributed by atoms with Crippen molar-refractivity contribution in [3.8, 4) is 0 Å². The van der Waals surface area contributed by atoms with Gasteiger partial charge in [0.1, 0.15) is 5.82 Å². The van der Waals surface area contributed by atoms with E-state index in [1.165, 1.54) is 18.2 Å². The minimum atomic E-state index is -0.815. The summed E-state index contributed by atoms with van der Waals surface area (Å²) in [5.41, 5.74) is 5.14. The first kappa shape index (κ1) is 14.2. The fourth-order valence-electron chi connectivity index (χ4n) is 1.28. The topological polar surface area (TPSA) is 72.2 Å². The molecule has 98 valence electrons. The van der Waals surface area contributed by atoms with Crippen molar-refractivity contribution in [3.05, 3.63) is 35.1 Å². The zero-order chi connectivity index (χ0) is 13.9. The molecule has 0 radical (unpaired) electrons. The van der Waals surface area contributed by atoms with Gasteiger partial charge in [0.2, 0.25) is 5.91 Å². The summed E-state index contributed by atoms with van der Waals surface area (Å²) in [6.07, 6.45) is 0. The second kappa shape index (κ2) is 5.16. The van der Waals surface area contributed by atoms with Crippen molar-refractivity contribution in [1.29, 1.82) is 0 Å². The van der Waals surface area contributed by atoms with Gasteiger partial charge in [-0.05, 0) is 44.5 Å². The quantitative estimate of drug-likeness (QED) is 0.849. The number of nitrogens with one attached hydrogen (secondary N) is 1. The lowest BCUT2D eigenvalue weighted by atomic mass is 9.92. The molecule has 1 aromatic rings. The van der Waals surface area contributed by atoms with Crippen molar-refractivity contribution in [2.45, 2.75) is 20.8 Å². The number of amides is 2. The number of hydrogen-bond acceptors (Lipinski definition) is 2. The second-order valence-electron chi connectivity index (χ2n) is 4.89. The van der Waals surface area contributed by atoms with Gasteiger partial charge in [0.05, 0.1) is 5.41 Å². The van der Waals surface area contributed by atoms with Crippen molar-refractivity contribution >= 4 is 11.8 Å². The molecule has 0 atom stereocenters. The lowest BCUT2D eigenvalue weighted by Gasteiger charge is -2.20. The van der Waals surface area contributed by atoms with Crippen LogP contribution in [0.15, 0.2) is 18.2 Å². The number of hydrogen-bond donors (Lipinski definition) is 2. The number of primary amides is 1. The second-order valence-corrected chi connectivity index (χ2v) is 4.89. The number of benzene rings is 1. The van der Waals surface area contributed by atoms with Gasteiger partial charge in [0.25, 0.3) is 5.91 Å². The molecule has 0 unspecified atom stereocenters. The molecule has 0 heterocycles. The minimum Gasteiger partial charge on any atom is -0.369 e. The highest BCUT2D eigenvalue weighted by Crippen LogP contribution is 2.13. The largest absolute Gasteiger partial charge is 0.369 e. The summed E-state index contributed by atoms with van der Waals surface area (Å²) < 4.78 is 13.1. The van der Waals surface area contributed by atoms with Gasteiger partial charge < -0.3 is 11.1 Å². The van der Waals surface area contributed by atoms with E-state index in [2.05, 4.69) is 5.32 Å². The Bertz CT molecular complexity index is 484. The summed E-state index contributed by atoms with van der Waals surface area (Å²) in [7, 11) is 0. The number of aryl methyl sites for hydroxylation is 1. The van der Waals surface area contributed by atoms with E-state index in [0.717, 1.165) is 0 Å². The molecule has 0 spiro atoms. The Kier molecular flexibility index (Phi) is 4.06. The lowest BCUT2D eigenvalue weighted by molar-refractivity contribution is -0.125. The Balaban J connectivity index is 2.72. The van der Waals surface area contributed by atoms with E-state index >= 15 is 0 Å². The predicted octanol–water partition coefficient (Wildman–Crippen LogP) is 1.38. The molecule has 1 rings (SSSR count). The molecule has 3 N–H and O–H groups in total. The van der Waals surface area contributed by atoms with Gasteiger partial charge in [-0.25, -0.2) is 4.39 Å². The molecule has 2 amide bonds. The molecule has 0 saturated carbocycles. The Morgan fingerprint density at radius 3 is 2.50 bits per heavy atom. The van der Waals surface area contributed by atoms with Gasteiger partial charge in [-0.2, -0.15) is 0 Å². The lowest BCUT2D eigenvalue weighted by Crippen LogP contribution is -2.42. The summed E-state index contributed by atoms with van der Waals surface area (Å²) in [6, 6.07) is 4.10. The van der Waals surface area contributed by atoms with Crippen LogP contribution < -0.4 is 11.1 Å². The number of carbonyl (C=O) groups excluding carboxylic acids is 2. The van der Waals surface area contributed by atoms with E-state index in [4.69, 9.17) is 5.73 Å². The van der Waals surface area contributed by atoms with E-state index in [0.29, 0.717) is 11.1 Å². The van der Waals surface area contributed by atoms with Crippen LogP contribution in [0.5, 0.6) is 0 Å². The zero-order valence-electron chi connectivity index (χ0n) is 10.7. The highest BCUT2D eigenvalue weighted by molar-refractivity contribution is 5.94. The standard InChI is InChI=1S/C13H17FN2O2/c1-8-6-9(4-5-10(8)14)11(17)16-7-13(2,3)12(15)18/h4-6H,7H2,1-3H3,(H2,15,18)(H,16,17). The van der Waals surface area contributed by atoms with E-state index in [-0.39, 0.29) is 18.3 Å². The first-order valence-corrected chi connectivity index (χ1v) is 5.58. The van der Waals surface area contributed by atoms with E-state index in [9.17, 15) is 14.0 Å². The molecule has 0 fully saturated rings. The Hall–Kier alpha value is -1.91. The fourth-order valence-corrected chi connectivity index (χ4v) is 1.28. The molecule has 0 aliphatic carbocycles. The van der Waals surface area contributed by atoms with Gasteiger partial charge in [0.15, 0.2) is 0 Å². The van der Waals surface area contributed by atoms with Crippen molar-refractivity contribution in [1.82, 2.24) is 5.32 Å². The van der Waals surface area contributed by atoms with E-state index in [1.54, 1.807) is 20.8 Å². The Morgan fingerprint density at radius 2 is 2.00 bits per heavy atom. The highest BCUT2D eigenvalue weighted by Gasteiger charge is 2.25. The van der Waals surface area contributed by atoms with Crippen LogP contribution in [0.25, 0.3) is 0 Å². The summed E-state index contributed by atoms with van der Waals surface area (Å²) >= 11 is 0. The van der Waals surface area contributed by atoms with Crippen LogP contribution in [0.3, 0.4) is 0 Å². The number of nitrogens with two attached hydrogens (primary N) is 1. The normalized spacial score (nSPS) is 11.1. The van der Waals surface area contributed by atoms with Crippen LogP contribution in [-0.4, -0.2) is 18.4 Å². The Morgan fingerprint density at radius 1 is 1.39 bits per heavy atom. The first-order chi connectivity index (χ1) is 8.24. The minimum absolute atomic E-state index is 0.136. The van der Waals surface area contributed by atoms with Crippen LogP contribution >= 0.6 is 0 Å². The number of rotatable bonds is 4. The smallest absolute Gasteiger partial charge is 0.251 e. The van der Waals surface area contributed by atoms with Crippen LogP contribution in [-0.2, 0) is 4.79 Å². The molecular formula is C13H17FN2O2. The van der Waals surface area contributed by atoms with Crippen LogP contribution in [0.2, 0.25) is 0 Å². The molecule has 4 nitrogen and oxygen atoms in total. The SMILES string of the molecule is Cc1cc(C(=O)NCC(C)(C)C(N)=O)ccc1F.